The van der Waals surface area contributed by atoms with Crippen LogP contribution in [0.4, 0.5) is 0 Å². The second-order valence-electron chi connectivity index (χ2n) is 5.36. The summed E-state index contributed by atoms with van der Waals surface area (Å²) in [5.74, 6) is -0.707. The molecule has 1 rings (SSSR count). The van der Waals surface area contributed by atoms with Crippen molar-refractivity contribution < 1.29 is 14.7 Å². The molecule has 0 heterocycles. The molecule has 100 valence electrons. The molecule has 1 saturated carbocycles. The molecule has 4 nitrogen and oxygen atoms in total. The van der Waals surface area contributed by atoms with Gasteiger partial charge in [-0.25, -0.2) is 4.79 Å². The fourth-order valence-electron chi connectivity index (χ4n) is 2.35. The van der Waals surface area contributed by atoms with Crippen molar-refractivity contribution in [1.82, 2.24) is 5.32 Å². The predicted octanol–water partition coefficient (Wildman–Crippen LogP) is 1.53. The number of rotatable bonds is 5. The molecule has 0 aromatic heterocycles. The van der Waals surface area contributed by atoms with Crippen LogP contribution in [0.1, 0.15) is 52.4 Å². The van der Waals surface area contributed by atoms with Gasteiger partial charge in [-0.15, -0.1) is 0 Å². The normalized spacial score (nSPS) is 17.9. The van der Waals surface area contributed by atoms with Gasteiger partial charge in [0.1, 0.15) is 6.04 Å². The van der Waals surface area contributed by atoms with Crippen molar-refractivity contribution in [3.63, 3.8) is 0 Å². The molecule has 1 amide bonds. The van der Waals surface area contributed by atoms with Gasteiger partial charge in [0, 0.05) is 5.92 Å². The summed E-state index contributed by atoms with van der Waals surface area (Å²) in [5.41, 5.74) is 0. The van der Waals surface area contributed by atoms with E-state index in [0.717, 1.165) is 25.7 Å². The zero-order valence-corrected chi connectivity index (χ0v) is 10.7. The number of carboxylic acid groups (broad SMARTS) is 1. The summed E-state index contributed by atoms with van der Waals surface area (Å²) in [6.45, 7) is 3.92. The van der Waals surface area contributed by atoms with Crippen molar-refractivity contribution in [3.8, 4) is 0 Å². The summed E-state index contributed by atoms with van der Waals surface area (Å²) in [6, 6.07) is -0.732. The minimum absolute atomic E-state index is 0. The van der Waals surface area contributed by atoms with Crippen molar-refractivity contribution in [2.45, 2.75) is 58.4 Å². The Morgan fingerprint density at radius 2 is 1.78 bits per heavy atom. The summed E-state index contributed by atoms with van der Waals surface area (Å²) in [7, 11) is 0. The molecule has 2 N–H and O–H groups in total. The van der Waals surface area contributed by atoms with E-state index in [2.05, 4.69) is 5.32 Å². The third kappa shape index (κ3) is 6.21. The fourth-order valence-corrected chi connectivity index (χ4v) is 2.35. The topological polar surface area (TPSA) is 66.4 Å². The quantitative estimate of drug-likeness (QED) is 0.741. The summed E-state index contributed by atoms with van der Waals surface area (Å²) in [5, 5.41) is 11.7. The van der Waals surface area contributed by atoms with E-state index in [1.165, 1.54) is 6.42 Å². The second kappa shape index (κ2) is 8.94. The second-order valence-corrected chi connectivity index (χ2v) is 5.36. The Balaban J connectivity index is 0.00000289. The van der Waals surface area contributed by atoms with E-state index >= 15 is 0 Å². The first-order valence-corrected chi connectivity index (χ1v) is 6.54. The van der Waals surface area contributed by atoms with Crippen molar-refractivity contribution in [1.29, 1.82) is 0 Å². The minimum atomic E-state index is -0.928. The summed E-state index contributed by atoms with van der Waals surface area (Å²) >= 11 is 0. The molecule has 0 aromatic carbocycles. The molecule has 1 atom stereocenters. The molecule has 1 fully saturated rings. The first-order chi connectivity index (χ1) is 8.00. The number of amides is 1. The van der Waals surface area contributed by atoms with Gasteiger partial charge in [0.2, 0.25) is 5.91 Å². The third-order valence-corrected chi connectivity index (χ3v) is 3.30. The number of carboxylic acids is 1. The van der Waals surface area contributed by atoms with Crippen LogP contribution in [0.3, 0.4) is 0 Å². The van der Waals surface area contributed by atoms with Gasteiger partial charge < -0.3 is 10.4 Å². The Hall–Kier alpha value is -0.0600. The van der Waals surface area contributed by atoms with Gasteiger partial charge in [-0.1, -0.05) is 33.1 Å². The van der Waals surface area contributed by atoms with Crippen molar-refractivity contribution >= 4 is 41.4 Å². The first-order valence-electron chi connectivity index (χ1n) is 6.54. The van der Waals surface area contributed by atoms with Crippen molar-refractivity contribution in [2.24, 2.45) is 11.8 Å². The van der Waals surface area contributed by atoms with E-state index in [0.29, 0.717) is 6.42 Å². The zero-order valence-electron chi connectivity index (χ0n) is 10.7. The van der Waals surface area contributed by atoms with Crippen LogP contribution in [0, 0.1) is 11.8 Å². The van der Waals surface area contributed by atoms with Crippen LogP contribution < -0.4 is 5.32 Å². The molecule has 0 saturated heterocycles. The zero-order chi connectivity index (χ0) is 12.8. The van der Waals surface area contributed by atoms with Crippen LogP contribution in [0.15, 0.2) is 0 Å². The van der Waals surface area contributed by atoms with E-state index in [1.807, 2.05) is 13.8 Å². The van der Waals surface area contributed by atoms with Gasteiger partial charge in [0.15, 0.2) is 0 Å². The molecule has 0 radical (unpaired) electrons. The molecule has 0 spiro atoms. The maximum atomic E-state index is 11.9. The number of nitrogens with one attached hydrogen (secondary N) is 1. The van der Waals surface area contributed by atoms with Crippen LogP contribution in [0.5, 0.6) is 0 Å². The standard InChI is InChI=1S/C13H23NO3.Na.H/c1-9(2)8-11(13(16)17)14-12(15)10-6-4-3-5-7-10;;/h9-11H,3-8H2,1-2H3,(H,14,15)(H,16,17);;/t11-;;/m0../s1. The van der Waals surface area contributed by atoms with Gasteiger partial charge in [-0.3, -0.25) is 4.79 Å². The number of hydrogen-bond donors (Lipinski definition) is 2. The molecule has 5 heteroatoms. The molecular weight excluding hydrogens is 241 g/mol. The SMILES string of the molecule is CC(C)C[C@H](NC(=O)C1CCCCC1)C(=O)O.[NaH]. The number of hydrogen-bond acceptors (Lipinski definition) is 2. The average molecular weight is 265 g/mol. The monoisotopic (exact) mass is 265 g/mol. The first kappa shape index (κ1) is 17.9. The van der Waals surface area contributed by atoms with Crippen LogP contribution in [0.2, 0.25) is 0 Å². The molecule has 0 aromatic rings. The molecule has 0 aliphatic heterocycles. The predicted molar refractivity (Wildman–Crippen MR) is 72.7 cm³/mol. The van der Waals surface area contributed by atoms with E-state index in [1.54, 1.807) is 0 Å². The summed E-state index contributed by atoms with van der Waals surface area (Å²) < 4.78 is 0. The van der Waals surface area contributed by atoms with E-state index in [-0.39, 0.29) is 47.3 Å². The Kier molecular flexibility index (Phi) is 8.91. The van der Waals surface area contributed by atoms with Crippen LogP contribution in [-0.4, -0.2) is 52.6 Å². The number of aliphatic carboxylic acids is 1. The van der Waals surface area contributed by atoms with Gasteiger partial charge in [-0.2, -0.15) is 0 Å². The number of carbonyl (C=O) groups excluding carboxylic acids is 1. The van der Waals surface area contributed by atoms with Gasteiger partial charge >= 0.3 is 35.5 Å². The molecule has 0 unspecified atom stereocenters. The van der Waals surface area contributed by atoms with E-state index in [9.17, 15) is 9.59 Å². The molecule has 0 bridgehead atoms. The van der Waals surface area contributed by atoms with Gasteiger partial charge in [-0.05, 0) is 25.2 Å². The fraction of sp³-hybridized carbons (Fsp3) is 0.846. The Bertz CT molecular complexity index is 275. The summed E-state index contributed by atoms with van der Waals surface area (Å²) in [6.07, 6.45) is 5.66. The van der Waals surface area contributed by atoms with Crippen LogP contribution in [-0.2, 0) is 9.59 Å². The Morgan fingerprint density at radius 1 is 1.22 bits per heavy atom. The Labute approximate surface area is 131 Å². The Morgan fingerprint density at radius 3 is 2.22 bits per heavy atom. The van der Waals surface area contributed by atoms with Crippen molar-refractivity contribution in [2.75, 3.05) is 0 Å². The third-order valence-electron chi connectivity index (χ3n) is 3.30. The molecule has 1 aliphatic rings. The van der Waals surface area contributed by atoms with Crippen LogP contribution in [0.25, 0.3) is 0 Å². The molecule has 1 aliphatic carbocycles. The van der Waals surface area contributed by atoms with E-state index < -0.39 is 12.0 Å². The van der Waals surface area contributed by atoms with E-state index in [4.69, 9.17) is 5.11 Å². The average Bonchev–Trinajstić information content (AvgIpc) is 2.28. The molecular formula is C13H24NNaO3. The van der Waals surface area contributed by atoms with Gasteiger partial charge in [0.05, 0.1) is 0 Å². The molecule has 18 heavy (non-hydrogen) atoms. The van der Waals surface area contributed by atoms with Crippen LogP contribution >= 0.6 is 0 Å². The van der Waals surface area contributed by atoms with Gasteiger partial charge in [0.25, 0.3) is 0 Å². The maximum absolute atomic E-state index is 11.9. The number of carbonyl (C=O) groups is 2. The van der Waals surface area contributed by atoms with Crippen molar-refractivity contribution in [3.05, 3.63) is 0 Å². The summed E-state index contributed by atoms with van der Waals surface area (Å²) in [4.78, 5) is 23.0.